The second kappa shape index (κ2) is 8.75. The Kier molecular flexibility index (Phi) is 5.90. The maximum absolute atomic E-state index is 12.7. The van der Waals surface area contributed by atoms with Gasteiger partial charge in [0.25, 0.3) is 0 Å². The number of aromatic nitrogens is 5. The molecule has 0 bridgehead atoms. The molecule has 0 atom stereocenters. The van der Waals surface area contributed by atoms with Gasteiger partial charge in [0.1, 0.15) is 24.2 Å². The third kappa shape index (κ3) is 3.98. The lowest BCUT2D eigenvalue weighted by molar-refractivity contribution is -0.113. The van der Waals surface area contributed by atoms with Gasteiger partial charge in [0.2, 0.25) is 11.1 Å². The number of tetrazole rings is 1. The van der Waals surface area contributed by atoms with Crippen LogP contribution in [0.4, 0.5) is 5.82 Å². The molecule has 30 heavy (non-hydrogen) atoms. The molecule has 0 aromatic carbocycles. The Balaban J connectivity index is 1.47. The smallest absolute Gasteiger partial charge is 0.235 e. The summed E-state index contributed by atoms with van der Waals surface area (Å²) in [6.07, 6.45) is 6.07. The lowest BCUT2D eigenvalue weighted by Gasteiger charge is -2.19. The molecule has 9 nitrogen and oxygen atoms in total. The van der Waals surface area contributed by atoms with E-state index in [1.807, 2.05) is 19.9 Å². The third-order valence-corrected chi connectivity index (χ3v) is 6.49. The van der Waals surface area contributed by atoms with Gasteiger partial charge in [-0.05, 0) is 54.8 Å². The van der Waals surface area contributed by atoms with Crippen LogP contribution in [0.2, 0.25) is 0 Å². The van der Waals surface area contributed by atoms with Crippen LogP contribution >= 0.6 is 11.8 Å². The van der Waals surface area contributed by atoms with Gasteiger partial charge in [0.15, 0.2) is 0 Å². The molecular formula is C20H23N7O2S. The van der Waals surface area contributed by atoms with Crippen molar-refractivity contribution in [2.24, 2.45) is 0 Å². The molecule has 1 saturated carbocycles. The first-order chi connectivity index (χ1) is 14.6. The molecule has 0 aliphatic heterocycles. The first kappa shape index (κ1) is 20.2. The van der Waals surface area contributed by atoms with E-state index in [0.717, 1.165) is 29.9 Å². The number of rotatable bonds is 7. The highest BCUT2D eigenvalue weighted by molar-refractivity contribution is 7.99. The molecule has 3 aromatic heterocycles. The fourth-order valence-corrected chi connectivity index (χ4v) is 4.63. The Morgan fingerprint density at radius 1 is 1.40 bits per heavy atom. The molecule has 1 N–H and O–H groups in total. The number of nitriles is 1. The SMILES string of the molecule is Cc1c(C#N)c(NC(=O)CSc2nnnn2Cc2ccco2)n(C2CCCC2)c1C. The molecule has 3 aromatic rings. The number of thioether (sulfide) groups is 1. The van der Waals surface area contributed by atoms with Crippen molar-refractivity contribution in [1.82, 2.24) is 24.8 Å². The van der Waals surface area contributed by atoms with Crippen LogP contribution in [0.15, 0.2) is 28.0 Å². The molecule has 1 fully saturated rings. The predicted octanol–water partition coefficient (Wildman–Crippen LogP) is 3.45. The molecule has 1 aliphatic carbocycles. The van der Waals surface area contributed by atoms with Crippen molar-refractivity contribution < 1.29 is 9.21 Å². The summed E-state index contributed by atoms with van der Waals surface area (Å²) in [4.78, 5) is 12.7. The Morgan fingerprint density at radius 3 is 2.90 bits per heavy atom. The number of amides is 1. The molecule has 0 radical (unpaired) electrons. The highest BCUT2D eigenvalue weighted by Crippen LogP contribution is 2.37. The maximum atomic E-state index is 12.7. The summed E-state index contributed by atoms with van der Waals surface area (Å²) in [6, 6.07) is 6.24. The number of carbonyl (C=O) groups excluding carboxylic acids is 1. The summed E-state index contributed by atoms with van der Waals surface area (Å²) < 4.78 is 9.06. The number of hydrogen-bond donors (Lipinski definition) is 1. The summed E-state index contributed by atoms with van der Waals surface area (Å²) in [7, 11) is 0. The Labute approximate surface area is 178 Å². The van der Waals surface area contributed by atoms with Crippen LogP contribution < -0.4 is 5.32 Å². The molecule has 0 spiro atoms. The van der Waals surface area contributed by atoms with Crippen LogP contribution in [0.25, 0.3) is 0 Å². The first-order valence-corrected chi connectivity index (χ1v) is 10.9. The second-order valence-corrected chi connectivity index (χ2v) is 8.33. The average molecular weight is 426 g/mol. The van der Waals surface area contributed by atoms with Gasteiger partial charge in [-0.15, -0.1) is 5.10 Å². The van der Waals surface area contributed by atoms with Crippen molar-refractivity contribution in [2.45, 2.75) is 57.3 Å². The third-order valence-electron chi connectivity index (χ3n) is 5.53. The standard InChI is InChI=1S/C20H23N7O2S/c1-13-14(2)27(15-6-3-4-7-15)19(17(13)10-21)22-18(28)12-30-20-23-24-25-26(20)11-16-8-5-9-29-16/h5,8-9,15H,3-4,6-7,11-12H2,1-2H3,(H,22,28). The van der Waals surface area contributed by atoms with Gasteiger partial charge < -0.3 is 14.3 Å². The van der Waals surface area contributed by atoms with Gasteiger partial charge in [-0.1, -0.05) is 24.6 Å². The summed E-state index contributed by atoms with van der Waals surface area (Å²) in [5.41, 5.74) is 2.51. The van der Waals surface area contributed by atoms with Crippen molar-refractivity contribution in [3.05, 3.63) is 41.0 Å². The lowest BCUT2D eigenvalue weighted by Crippen LogP contribution is -2.20. The van der Waals surface area contributed by atoms with Crippen molar-refractivity contribution in [3.8, 4) is 6.07 Å². The second-order valence-electron chi connectivity index (χ2n) is 7.39. The van der Waals surface area contributed by atoms with Gasteiger partial charge in [0, 0.05) is 11.7 Å². The fraction of sp³-hybridized carbons (Fsp3) is 0.450. The number of carbonyl (C=O) groups is 1. The zero-order valence-electron chi connectivity index (χ0n) is 17.0. The quantitative estimate of drug-likeness (QED) is 0.577. The number of nitrogens with zero attached hydrogens (tertiary/aromatic N) is 6. The predicted molar refractivity (Wildman–Crippen MR) is 111 cm³/mol. The van der Waals surface area contributed by atoms with E-state index in [1.54, 1.807) is 17.0 Å². The summed E-state index contributed by atoms with van der Waals surface area (Å²) in [5.74, 6) is 1.28. The van der Waals surface area contributed by atoms with Gasteiger partial charge in [0.05, 0.1) is 17.6 Å². The van der Waals surface area contributed by atoms with E-state index in [4.69, 9.17) is 4.42 Å². The van der Waals surface area contributed by atoms with Gasteiger partial charge in [-0.2, -0.15) is 5.26 Å². The topological polar surface area (TPSA) is 115 Å². The van der Waals surface area contributed by atoms with Crippen molar-refractivity contribution in [3.63, 3.8) is 0 Å². The van der Waals surface area contributed by atoms with E-state index < -0.39 is 0 Å². The molecule has 156 valence electrons. The van der Waals surface area contributed by atoms with E-state index in [9.17, 15) is 10.1 Å². The molecule has 4 rings (SSSR count). The highest BCUT2D eigenvalue weighted by atomic mass is 32.2. The molecule has 1 amide bonds. The lowest BCUT2D eigenvalue weighted by atomic mass is 10.2. The zero-order chi connectivity index (χ0) is 21.1. The van der Waals surface area contributed by atoms with Crippen LogP contribution in [-0.4, -0.2) is 36.4 Å². The molecule has 10 heteroatoms. The van der Waals surface area contributed by atoms with E-state index >= 15 is 0 Å². The number of anilines is 1. The van der Waals surface area contributed by atoms with Crippen LogP contribution in [-0.2, 0) is 11.3 Å². The van der Waals surface area contributed by atoms with Crippen LogP contribution in [0.1, 0.15) is 54.3 Å². The van der Waals surface area contributed by atoms with Crippen molar-refractivity contribution >= 4 is 23.5 Å². The van der Waals surface area contributed by atoms with Crippen molar-refractivity contribution in [2.75, 3.05) is 11.1 Å². The average Bonchev–Trinajstić information content (AvgIpc) is 3.52. The van der Waals surface area contributed by atoms with E-state index in [2.05, 4.69) is 31.5 Å². The molecular weight excluding hydrogens is 402 g/mol. The minimum absolute atomic E-state index is 0.136. The Morgan fingerprint density at radius 2 is 2.20 bits per heavy atom. The minimum atomic E-state index is -0.194. The monoisotopic (exact) mass is 425 g/mol. The van der Waals surface area contributed by atoms with Crippen LogP contribution in [0.3, 0.4) is 0 Å². The molecule has 3 heterocycles. The maximum Gasteiger partial charge on any atom is 0.235 e. The molecule has 1 aliphatic rings. The van der Waals surface area contributed by atoms with Crippen LogP contribution in [0.5, 0.6) is 0 Å². The first-order valence-electron chi connectivity index (χ1n) is 9.91. The fourth-order valence-electron chi connectivity index (χ4n) is 3.95. The van der Waals surface area contributed by atoms with Crippen molar-refractivity contribution in [1.29, 1.82) is 5.26 Å². The van der Waals surface area contributed by atoms with Gasteiger partial charge >= 0.3 is 0 Å². The Hall–Kier alpha value is -3.06. The van der Waals surface area contributed by atoms with E-state index in [0.29, 0.717) is 29.1 Å². The minimum Gasteiger partial charge on any atom is -0.467 e. The van der Waals surface area contributed by atoms with Gasteiger partial charge in [-0.3, -0.25) is 4.79 Å². The molecule has 0 unspecified atom stereocenters. The van der Waals surface area contributed by atoms with Gasteiger partial charge in [-0.25, -0.2) is 4.68 Å². The van der Waals surface area contributed by atoms with Crippen LogP contribution in [0, 0.1) is 25.2 Å². The summed E-state index contributed by atoms with van der Waals surface area (Å²) in [5, 5.41) is 24.8. The zero-order valence-corrected chi connectivity index (χ0v) is 17.8. The van der Waals surface area contributed by atoms with E-state index in [1.165, 1.54) is 24.6 Å². The summed E-state index contributed by atoms with van der Waals surface area (Å²) in [6.45, 7) is 4.35. The number of nitrogens with one attached hydrogen (secondary N) is 1. The number of hydrogen-bond acceptors (Lipinski definition) is 7. The van der Waals surface area contributed by atoms with E-state index in [-0.39, 0.29) is 11.7 Å². The highest BCUT2D eigenvalue weighted by Gasteiger charge is 2.26. The molecule has 0 saturated heterocycles. The largest absolute Gasteiger partial charge is 0.467 e. The number of furan rings is 1. The summed E-state index contributed by atoms with van der Waals surface area (Å²) >= 11 is 1.25. The normalized spacial score (nSPS) is 14.2. The Bertz CT molecular complexity index is 1070.